The Bertz CT molecular complexity index is 201. The van der Waals surface area contributed by atoms with Crippen LogP contribution in [0.15, 0.2) is 29.8 Å². The van der Waals surface area contributed by atoms with Gasteiger partial charge in [-0.1, -0.05) is 33.4 Å². The van der Waals surface area contributed by atoms with Crippen LogP contribution in [-0.4, -0.2) is 11.8 Å². The summed E-state index contributed by atoms with van der Waals surface area (Å²) >= 11 is 1.38. The highest BCUT2D eigenvalue weighted by Crippen LogP contribution is 2.10. The van der Waals surface area contributed by atoms with Crippen molar-refractivity contribution < 1.29 is 4.74 Å². The lowest BCUT2D eigenvalue weighted by Crippen LogP contribution is -2.04. The number of nitrogens with zero attached hydrogens (tertiary/aromatic N) is 1. The lowest BCUT2D eigenvalue weighted by Gasteiger charge is -2.09. The number of hydrogen-bond acceptors (Lipinski definition) is 3. The second kappa shape index (κ2) is 8.88. The highest BCUT2D eigenvalue weighted by molar-refractivity contribution is 8.16. The summed E-state index contributed by atoms with van der Waals surface area (Å²) in [5, 5.41) is 2.32. The van der Waals surface area contributed by atoms with Crippen molar-refractivity contribution in [3.63, 3.8) is 0 Å². The van der Waals surface area contributed by atoms with Crippen LogP contribution in [0.1, 0.15) is 26.7 Å². The Labute approximate surface area is 91.1 Å². The molecule has 1 unspecified atom stereocenters. The molecule has 0 aromatic carbocycles. The minimum absolute atomic E-state index is 0.623. The summed E-state index contributed by atoms with van der Waals surface area (Å²) in [6.45, 7) is 12.2. The van der Waals surface area contributed by atoms with Crippen molar-refractivity contribution >= 4 is 17.0 Å². The fourth-order valence-corrected chi connectivity index (χ4v) is 1.23. The van der Waals surface area contributed by atoms with Gasteiger partial charge in [0.05, 0.1) is 6.61 Å². The summed E-state index contributed by atoms with van der Waals surface area (Å²) in [6, 6.07) is 0. The van der Waals surface area contributed by atoms with E-state index in [9.17, 15) is 0 Å². The van der Waals surface area contributed by atoms with Gasteiger partial charge in [-0.2, -0.15) is 0 Å². The van der Waals surface area contributed by atoms with Crippen LogP contribution in [0.4, 0.5) is 0 Å². The second-order valence-corrected chi connectivity index (χ2v) is 3.93. The van der Waals surface area contributed by atoms with Crippen LogP contribution in [0.25, 0.3) is 0 Å². The molecule has 1 atom stereocenters. The van der Waals surface area contributed by atoms with Crippen LogP contribution < -0.4 is 0 Å². The molecule has 14 heavy (non-hydrogen) atoms. The fraction of sp³-hybridized carbons (Fsp3) is 0.545. The smallest absolute Gasteiger partial charge is 0.254 e. The van der Waals surface area contributed by atoms with Gasteiger partial charge in [0, 0.05) is 6.20 Å². The minimum atomic E-state index is 0.623. The van der Waals surface area contributed by atoms with E-state index in [1.165, 1.54) is 24.4 Å². The number of hydrogen-bond donors (Lipinski definition) is 0. The lowest BCUT2D eigenvalue weighted by molar-refractivity contribution is 0.278. The zero-order valence-electron chi connectivity index (χ0n) is 9.03. The molecule has 0 amide bonds. The largest absolute Gasteiger partial charge is 0.473 e. The summed E-state index contributed by atoms with van der Waals surface area (Å²) in [5.41, 5.74) is 0. The first kappa shape index (κ1) is 13.3. The maximum absolute atomic E-state index is 5.47. The van der Waals surface area contributed by atoms with E-state index in [1.807, 2.05) is 0 Å². The van der Waals surface area contributed by atoms with Gasteiger partial charge in [0.15, 0.2) is 0 Å². The molecule has 0 rings (SSSR count). The quantitative estimate of drug-likeness (QED) is 0.494. The average molecular weight is 213 g/mol. The van der Waals surface area contributed by atoms with Crippen LogP contribution in [0.5, 0.6) is 0 Å². The number of ether oxygens (including phenoxy) is 1. The Kier molecular flexibility index (Phi) is 8.43. The molecular weight excluding hydrogens is 194 g/mol. The van der Waals surface area contributed by atoms with E-state index in [0.717, 1.165) is 6.42 Å². The van der Waals surface area contributed by atoms with E-state index in [0.29, 0.717) is 17.8 Å². The SMILES string of the molecule is C=CN=C(OCCC(C)CC)SC=C. The third-order valence-electron chi connectivity index (χ3n) is 1.91. The highest BCUT2D eigenvalue weighted by atomic mass is 32.2. The Morgan fingerprint density at radius 2 is 2.29 bits per heavy atom. The average Bonchev–Trinajstić information content (AvgIpc) is 2.18. The molecule has 0 spiro atoms. The van der Waals surface area contributed by atoms with Crippen molar-refractivity contribution in [2.24, 2.45) is 10.9 Å². The molecule has 0 heterocycles. The molecule has 0 aromatic heterocycles. The van der Waals surface area contributed by atoms with Gasteiger partial charge < -0.3 is 4.74 Å². The topological polar surface area (TPSA) is 21.6 Å². The first-order valence-electron chi connectivity index (χ1n) is 4.83. The van der Waals surface area contributed by atoms with Crippen LogP contribution in [0, 0.1) is 5.92 Å². The van der Waals surface area contributed by atoms with E-state index in [2.05, 4.69) is 32.0 Å². The van der Waals surface area contributed by atoms with Crippen molar-refractivity contribution in [2.75, 3.05) is 6.61 Å². The standard InChI is InChI=1S/C11H19NOS/c1-5-10(4)8-9-13-11(12-6-2)14-7-3/h6-7,10H,2-3,5,8-9H2,1,4H3. The van der Waals surface area contributed by atoms with Gasteiger partial charge >= 0.3 is 0 Å². The number of aliphatic imine (C=N–C) groups is 1. The van der Waals surface area contributed by atoms with Gasteiger partial charge in [0.25, 0.3) is 5.23 Å². The molecule has 0 saturated carbocycles. The number of thioether (sulfide) groups is 1. The maximum atomic E-state index is 5.47. The van der Waals surface area contributed by atoms with Gasteiger partial charge in [0.2, 0.25) is 0 Å². The Morgan fingerprint density at radius 3 is 2.79 bits per heavy atom. The molecule has 0 saturated heterocycles. The van der Waals surface area contributed by atoms with E-state index in [-0.39, 0.29) is 0 Å². The molecule has 3 heteroatoms. The minimum Gasteiger partial charge on any atom is -0.473 e. The van der Waals surface area contributed by atoms with Crippen molar-refractivity contribution in [3.8, 4) is 0 Å². The monoisotopic (exact) mass is 213 g/mol. The molecule has 0 aromatic rings. The van der Waals surface area contributed by atoms with Gasteiger partial charge in [-0.25, -0.2) is 4.99 Å². The maximum Gasteiger partial charge on any atom is 0.254 e. The molecule has 0 aliphatic heterocycles. The molecule has 0 radical (unpaired) electrons. The van der Waals surface area contributed by atoms with Crippen LogP contribution in [0.2, 0.25) is 0 Å². The van der Waals surface area contributed by atoms with Crippen LogP contribution >= 0.6 is 11.8 Å². The van der Waals surface area contributed by atoms with Crippen molar-refractivity contribution in [1.29, 1.82) is 0 Å². The molecule has 0 fully saturated rings. The highest BCUT2D eigenvalue weighted by Gasteiger charge is 2.01. The van der Waals surface area contributed by atoms with Crippen molar-refractivity contribution in [3.05, 3.63) is 24.8 Å². The van der Waals surface area contributed by atoms with Crippen LogP contribution in [0.3, 0.4) is 0 Å². The third-order valence-corrected chi connectivity index (χ3v) is 2.51. The van der Waals surface area contributed by atoms with E-state index in [1.54, 1.807) is 5.41 Å². The Morgan fingerprint density at radius 1 is 1.57 bits per heavy atom. The van der Waals surface area contributed by atoms with Gasteiger partial charge in [-0.15, -0.1) is 0 Å². The molecule has 0 aliphatic rings. The molecular formula is C11H19NOS. The predicted molar refractivity (Wildman–Crippen MR) is 65.4 cm³/mol. The fourth-order valence-electron chi connectivity index (χ4n) is 0.799. The normalized spacial score (nSPS) is 13.4. The second-order valence-electron chi connectivity index (χ2n) is 3.01. The Balaban J connectivity index is 3.76. The predicted octanol–water partition coefficient (Wildman–Crippen LogP) is 3.82. The lowest BCUT2D eigenvalue weighted by atomic mass is 10.1. The molecule has 80 valence electrons. The zero-order valence-corrected chi connectivity index (χ0v) is 9.85. The summed E-state index contributed by atoms with van der Waals surface area (Å²) in [6.07, 6.45) is 3.73. The van der Waals surface area contributed by atoms with Gasteiger partial charge in [0.1, 0.15) is 0 Å². The molecule has 2 nitrogen and oxygen atoms in total. The van der Waals surface area contributed by atoms with E-state index >= 15 is 0 Å². The first-order chi connectivity index (χ1) is 6.74. The van der Waals surface area contributed by atoms with Crippen molar-refractivity contribution in [2.45, 2.75) is 26.7 Å². The van der Waals surface area contributed by atoms with Crippen molar-refractivity contribution in [1.82, 2.24) is 0 Å². The molecule has 0 N–H and O–H groups in total. The van der Waals surface area contributed by atoms with Crippen LogP contribution in [-0.2, 0) is 4.74 Å². The zero-order chi connectivity index (χ0) is 10.8. The van der Waals surface area contributed by atoms with Gasteiger partial charge in [-0.3, -0.25) is 0 Å². The number of rotatable bonds is 6. The summed E-state index contributed by atoms with van der Waals surface area (Å²) < 4.78 is 5.47. The van der Waals surface area contributed by atoms with E-state index in [4.69, 9.17) is 4.74 Å². The third kappa shape index (κ3) is 6.78. The summed E-state index contributed by atoms with van der Waals surface area (Å²) in [4.78, 5) is 3.99. The Hall–Kier alpha value is -0.700. The first-order valence-corrected chi connectivity index (χ1v) is 5.71. The van der Waals surface area contributed by atoms with Gasteiger partial charge in [-0.05, 0) is 29.5 Å². The van der Waals surface area contributed by atoms with E-state index < -0.39 is 0 Å². The molecule has 0 aliphatic carbocycles. The summed E-state index contributed by atoms with van der Waals surface area (Å²) in [7, 11) is 0. The summed E-state index contributed by atoms with van der Waals surface area (Å²) in [5.74, 6) is 0.703. The molecule has 0 bridgehead atoms.